The van der Waals surface area contributed by atoms with Crippen molar-refractivity contribution in [2.45, 2.75) is 20.1 Å². The molecule has 0 saturated heterocycles. The van der Waals surface area contributed by atoms with Crippen LogP contribution in [0.25, 0.3) is 11.4 Å². The average molecular weight is 266 g/mol. The van der Waals surface area contributed by atoms with Gasteiger partial charge in [-0.25, -0.2) is 4.39 Å². The van der Waals surface area contributed by atoms with Gasteiger partial charge in [-0.15, -0.1) is 10.2 Å². The smallest absolute Gasteiger partial charge is 0.272 e. The Morgan fingerprint density at radius 1 is 1.47 bits per heavy atom. The predicted molar refractivity (Wildman–Crippen MR) is 63.7 cm³/mol. The number of nitro groups is 1. The fraction of sp³-hybridized carbons (Fsp3) is 0.273. The minimum Gasteiger partial charge on any atom is -0.388 e. The van der Waals surface area contributed by atoms with Gasteiger partial charge in [-0.2, -0.15) is 0 Å². The van der Waals surface area contributed by atoms with Crippen LogP contribution >= 0.6 is 0 Å². The molecule has 0 aliphatic carbocycles. The second kappa shape index (κ2) is 5.11. The molecule has 0 aliphatic heterocycles. The Balaban J connectivity index is 2.53. The fourth-order valence-electron chi connectivity index (χ4n) is 1.78. The number of benzene rings is 1. The third kappa shape index (κ3) is 2.29. The van der Waals surface area contributed by atoms with Gasteiger partial charge in [0.2, 0.25) is 0 Å². The fourth-order valence-corrected chi connectivity index (χ4v) is 1.78. The lowest BCUT2D eigenvalue weighted by atomic mass is 10.2. The predicted octanol–water partition coefficient (Wildman–Crippen LogP) is 1.50. The van der Waals surface area contributed by atoms with E-state index in [0.29, 0.717) is 12.4 Å². The molecular weight excluding hydrogens is 255 g/mol. The first-order chi connectivity index (χ1) is 9.08. The molecule has 0 fully saturated rings. The summed E-state index contributed by atoms with van der Waals surface area (Å²) in [7, 11) is 0. The quantitative estimate of drug-likeness (QED) is 0.668. The van der Waals surface area contributed by atoms with Gasteiger partial charge in [-0.1, -0.05) is 0 Å². The molecule has 0 radical (unpaired) electrons. The SMILES string of the molecule is CCn1c(CO)nnc1-c1ccc([N+](=O)[O-])cc1F. The number of rotatable bonds is 4. The van der Waals surface area contributed by atoms with Crippen molar-refractivity contribution in [2.75, 3.05) is 0 Å². The lowest BCUT2D eigenvalue weighted by Gasteiger charge is -2.06. The lowest BCUT2D eigenvalue weighted by molar-refractivity contribution is -0.385. The Hall–Kier alpha value is -2.35. The highest BCUT2D eigenvalue weighted by molar-refractivity contribution is 5.58. The Morgan fingerprint density at radius 2 is 2.21 bits per heavy atom. The number of aromatic nitrogens is 3. The maximum atomic E-state index is 13.9. The molecule has 100 valence electrons. The van der Waals surface area contributed by atoms with Crippen LogP contribution in [0.4, 0.5) is 10.1 Å². The molecule has 0 aliphatic rings. The van der Waals surface area contributed by atoms with E-state index in [1.807, 2.05) is 0 Å². The van der Waals surface area contributed by atoms with Crippen molar-refractivity contribution in [1.82, 2.24) is 14.8 Å². The topological polar surface area (TPSA) is 94.1 Å². The number of aliphatic hydroxyl groups is 1. The van der Waals surface area contributed by atoms with Crippen LogP contribution in [0.1, 0.15) is 12.7 Å². The number of nitrogens with zero attached hydrogens (tertiary/aromatic N) is 4. The second-order valence-corrected chi connectivity index (χ2v) is 3.76. The number of non-ortho nitro benzene ring substituents is 1. The third-order valence-corrected chi connectivity index (χ3v) is 2.69. The third-order valence-electron chi connectivity index (χ3n) is 2.69. The minimum atomic E-state index is -0.749. The molecular formula is C11H11FN4O3. The highest BCUT2D eigenvalue weighted by Crippen LogP contribution is 2.25. The zero-order valence-electron chi connectivity index (χ0n) is 10.1. The van der Waals surface area contributed by atoms with E-state index in [0.717, 1.165) is 6.07 Å². The van der Waals surface area contributed by atoms with Gasteiger partial charge < -0.3 is 9.67 Å². The van der Waals surface area contributed by atoms with Gasteiger partial charge in [0.25, 0.3) is 5.69 Å². The summed E-state index contributed by atoms with van der Waals surface area (Å²) < 4.78 is 15.4. The van der Waals surface area contributed by atoms with Crippen LogP contribution in [-0.4, -0.2) is 24.8 Å². The Bertz CT molecular complexity index is 626. The van der Waals surface area contributed by atoms with E-state index in [9.17, 15) is 14.5 Å². The first kappa shape index (κ1) is 13.1. The van der Waals surface area contributed by atoms with Crippen molar-refractivity contribution < 1.29 is 14.4 Å². The molecule has 19 heavy (non-hydrogen) atoms. The van der Waals surface area contributed by atoms with Gasteiger partial charge >= 0.3 is 0 Å². The summed E-state index contributed by atoms with van der Waals surface area (Å²) in [5.74, 6) is -0.199. The van der Waals surface area contributed by atoms with E-state index in [1.165, 1.54) is 12.1 Å². The molecule has 7 nitrogen and oxygen atoms in total. The molecule has 1 aromatic heterocycles. The van der Waals surface area contributed by atoms with E-state index in [4.69, 9.17) is 5.11 Å². The molecule has 0 saturated carbocycles. The van der Waals surface area contributed by atoms with E-state index in [2.05, 4.69) is 10.2 Å². The molecule has 1 aromatic carbocycles. The normalized spacial score (nSPS) is 10.7. The maximum Gasteiger partial charge on any atom is 0.272 e. The van der Waals surface area contributed by atoms with Gasteiger partial charge in [0.15, 0.2) is 11.6 Å². The number of nitro benzene ring substituents is 1. The standard InChI is InChI=1S/C11H11FN4O3/c1-2-15-10(6-17)13-14-11(15)8-4-3-7(16(18)19)5-9(8)12/h3-5,17H,2,6H2,1H3. The largest absolute Gasteiger partial charge is 0.388 e. The first-order valence-electron chi connectivity index (χ1n) is 5.55. The van der Waals surface area contributed by atoms with Gasteiger partial charge in [0.05, 0.1) is 16.6 Å². The minimum absolute atomic E-state index is 0.111. The molecule has 0 spiro atoms. The van der Waals surface area contributed by atoms with Crippen molar-refractivity contribution in [3.05, 3.63) is 40.0 Å². The van der Waals surface area contributed by atoms with Crippen LogP contribution in [-0.2, 0) is 13.2 Å². The van der Waals surface area contributed by atoms with Gasteiger partial charge in [-0.05, 0) is 13.0 Å². The molecule has 0 atom stereocenters. The van der Waals surface area contributed by atoms with E-state index in [1.54, 1.807) is 11.5 Å². The van der Waals surface area contributed by atoms with Gasteiger partial charge in [-0.3, -0.25) is 10.1 Å². The van der Waals surface area contributed by atoms with Crippen LogP contribution < -0.4 is 0 Å². The van der Waals surface area contributed by atoms with E-state index in [-0.39, 0.29) is 23.7 Å². The zero-order chi connectivity index (χ0) is 14.0. The molecule has 1 N–H and O–H groups in total. The second-order valence-electron chi connectivity index (χ2n) is 3.76. The Morgan fingerprint density at radius 3 is 2.74 bits per heavy atom. The monoisotopic (exact) mass is 266 g/mol. The van der Waals surface area contributed by atoms with Crippen molar-refractivity contribution in [3.8, 4) is 11.4 Å². The Kier molecular flexibility index (Phi) is 3.52. The van der Waals surface area contributed by atoms with Crippen LogP contribution in [0.15, 0.2) is 18.2 Å². The average Bonchev–Trinajstić information content (AvgIpc) is 2.80. The molecule has 2 rings (SSSR count). The van der Waals surface area contributed by atoms with Crippen LogP contribution in [0.3, 0.4) is 0 Å². The lowest BCUT2D eigenvalue weighted by Crippen LogP contribution is -2.04. The molecule has 0 amide bonds. The van der Waals surface area contributed by atoms with Gasteiger partial charge in [0.1, 0.15) is 12.4 Å². The van der Waals surface area contributed by atoms with Crippen LogP contribution in [0, 0.1) is 15.9 Å². The number of halogens is 1. The van der Waals surface area contributed by atoms with Crippen LogP contribution in [0.5, 0.6) is 0 Å². The summed E-state index contributed by atoms with van der Waals surface area (Å²) in [6.45, 7) is 1.94. The van der Waals surface area contributed by atoms with Crippen molar-refractivity contribution >= 4 is 5.69 Å². The molecule has 0 bridgehead atoms. The first-order valence-corrected chi connectivity index (χ1v) is 5.55. The zero-order valence-corrected chi connectivity index (χ0v) is 10.1. The summed E-state index contributed by atoms with van der Waals surface area (Å²) >= 11 is 0. The summed E-state index contributed by atoms with van der Waals surface area (Å²) in [6, 6.07) is 3.32. The Labute approximate surface area is 107 Å². The van der Waals surface area contributed by atoms with Crippen molar-refractivity contribution in [1.29, 1.82) is 0 Å². The molecule has 1 heterocycles. The summed E-state index contributed by atoms with van der Waals surface area (Å²) in [6.07, 6.45) is 0. The maximum absolute atomic E-state index is 13.9. The molecule has 2 aromatic rings. The van der Waals surface area contributed by atoms with Crippen molar-refractivity contribution in [3.63, 3.8) is 0 Å². The summed E-state index contributed by atoms with van der Waals surface area (Å²) in [5, 5.41) is 27.2. The van der Waals surface area contributed by atoms with Gasteiger partial charge in [0, 0.05) is 12.6 Å². The van der Waals surface area contributed by atoms with Crippen molar-refractivity contribution in [2.24, 2.45) is 0 Å². The summed E-state index contributed by atoms with van der Waals surface area (Å²) in [4.78, 5) is 9.88. The molecule has 0 unspecified atom stereocenters. The number of aliphatic hydroxyl groups excluding tert-OH is 1. The van der Waals surface area contributed by atoms with E-state index < -0.39 is 10.7 Å². The number of hydrogen-bond acceptors (Lipinski definition) is 5. The summed E-state index contributed by atoms with van der Waals surface area (Å²) in [5.41, 5.74) is -0.217. The van der Waals surface area contributed by atoms with Crippen LogP contribution in [0.2, 0.25) is 0 Å². The highest BCUT2D eigenvalue weighted by Gasteiger charge is 2.18. The van der Waals surface area contributed by atoms with E-state index >= 15 is 0 Å². The number of hydrogen-bond donors (Lipinski definition) is 1. The molecule has 8 heteroatoms. The highest BCUT2D eigenvalue weighted by atomic mass is 19.1.